The lowest BCUT2D eigenvalue weighted by molar-refractivity contribution is -0.136. The zero-order chi connectivity index (χ0) is 39.1. The van der Waals surface area contributed by atoms with Crippen molar-refractivity contribution >= 4 is 78.2 Å². The number of nitrogens with zero attached hydrogens (tertiary/aromatic N) is 3. The van der Waals surface area contributed by atoms with Gasteiger partial charge in [0, 0.05) is 49.8 Å². The van der Waals surface area contributed by atoms with E-state index in [9.17, 15) is 9.59 Å². The van der Waals surface area contributed by atoms with Gasteiger partial charge in [0.05, 0.1) is 12.1 Å². The third-order valence-electron chi connectivity index (χ3n) is 11.3. The van der Waals surface area contributed by atoms with E-state index >= 15 is 4.79 Å². The van der Waals surface area contributed by atoms with Gasteiger partial charge in [-0.25, -0.2) is 4.79 Å². The first-order valence-corrected chi connectivity index (χ1v) is 22.9. The number of carbonyl (C=O) groups is 3. The van der Waals surface area contributed by atoms with Crippen molar-refractivity contribution in [1.29, 1.82) is 0 Å². The second-order valence-electron chi connectivity index (χ2n) is 16.6. The zero-order valence-electron chi connectivity index (χ0n) is 32.1. The number of hydrogen-bond donors (Lipinski definition) is 0. The minimum absolute atomic E-state index is 0.0253. The van der Waals surface area contributed by atoms with Crippen LogP contribution in [0.3, 0.4) is 0 Å². The van der Waals surface area contributed by atoms with E-state index in [0.717, 1.165) is 42.4 Å². The Labute approximate surface area is 336 Å². The van der Waals surface area contributed by atoms with Gasteiger partial charge in [-0.3, -0.25) is 14.5 Å². The van der Waals surface area contributed by atoms with Crippen molar-refractivity contribution in [2.24, 2.45) is 0 Å². The van der Waals surface area contributed by atoms with E-state index in [0.29, 0.717) is 30.2 Å². The summed E-state index contributed by atoms with van der Waals surface area (Å²) in [5.74, 6) is -0.330. The predicted molar refractivity (Wildman–Crippen MR) is 217 cm³/mol. The quantitative estimate of drug-likeness (QED) is 0.128. The number of benzene rings is 2. The average Bonchev–Trinajstić information content (AvgIpc) is 3.90. The van der Waals surface area contributed by atoms with Gasteiger partial charge in [0.2, 0.25) is 9.70 Å². The fourth-order valence-corrected chi connectivity index (χ4v) is 8.12. The van der Waals surface area contributed by atoms with Crippen molar-refractivity contribution in [2.45, 2.75) is 126 Å². The normalized spacial score (nSPS) is 19.7. The topological polar surface area (TPSA) is 79.4 Å². The molecule has 0 spiro atoms. The molecular formula is C40H53Cl4N3O5Si. The maximum absolute atomic E-state index is 15.1. The van der Waals surface area contributed by atoms with Crippen LogP contribution in [-0.4, -0.2) is 88.1 Å². The first kappa shape index (κ1) is 41.9. The van der Waals surface area contributed by atoms with E-state index < -0.39 is 35.9 Å². The Bertz CT molecular complexity index is 1720. The number of rotatable bonds is 11. The van der Waals surface area contributed by atoms with E-state index in [4.69, 9.17) is 55.6 Å². The standard InChI is InChI=1S/C40H53Cl4N3O5Si/c1-26(48)45-24-31-22-32(28-17-15-27(16-18-28)12-11-21-51-53(7,8)38(2,3)4)35(34(25-45)47(31)37(50)52-39(5,6)40(42,43)44)36(49)46(30-19-20-30)23-29-13-9-10-14-33(29)41/h9-10,13-18,30-31,34H,11-12,19-25H2,1-8H3. The van der Waals surface area contributed by atoms with E-state index in [1.54, 1.807) is 9.80 Å². The lowest BCUT2D eigenvalue weighted by Crippen LogP contribution is -2.66. The molecule has 2 fully saturated rings. The fraction of sp³-hybridized carbons (Fsp3) is 0.575. The maximum atomic E-state index is 15.1. The molecule has 2 aliphatic heterocycles. The SMILES string of the molecule is CC(=O)N1CC2CC(c3ccc(CCCO[Si](C)(C)C(C)(C)C)cc3)=C(C(=O)N(Cc3ccccc3Cl)C3CC3)C(C1)N2C(=O)OC(C)(C)C(Cl)(Cl)Cl. The first-order valence-electron chi connectivity index (χ1n) is 18.5. The molecule has 2 aromatic carbocycles. The Hall–Kier alpha value is -2.27. The number of fused-ring (bicyclic) bond motifs is 2. The summed E-state index contributed by atoms with van der Waals surface area (Å²) in [6.45, 7) is 17.3. The molecule has 2 atom stereocenters. The number of hydrogen-bond acceptors (Lipinski definition) is 5. The summed E-state index contributed by atoms with van der Waals surface area (Å²) in [6, 6.07) is 14.6. The third kappa shape index (κ3) is 9.58. The third-order valence-corrected chi connectivity index (χ3v) is 17.6. The molecule has 8 nitrogen and oxygen atoms in total. The van der Waals surface area contributed by atoms with Gasteiger partial charge in [0.1, 0.15) is 0 Å². The Morgan fingerprint density at radius 1 is 0.943 bits per heavy atom. The van der Waals surface area contributed by atoms with Crippen molar-refractivity contribution in [2.75, 3.05) is 19.7 Å². The van der Waals surface area contributed by atoms with Crippen LogP contribution in [0.25, 0.3) is 5.57 Å². The molecule has 1 saturated carbocycles. The second kappa shape index (κ2) is 16.1. The van der Waals surface area contributed by atoms with Crippen LogP contribution in [0.2, 0.25) is 23.2 Å². The van der Waals surface area contributed by atoms with E-state index in [1.807, 2.05) is 29.2 Å². The molecule has 2 aromatic rings. The van der Waals surface area contributed by atoms with E-state index in [-0.39, 0.29) is 36.0 Å². The fourth-order valence-electron chi connectivity index (χ4n) is 6.73. The molecule has 2 heterocycles. The Morgan fingerprint density at radius 2 is 1.58 bits per heavy atom. The summed E-state index contributed by atoms with van der Waals surface area (Å²) in [6.07, 6.45) is 3.12. The van der Waals surface area contributed by atoms with Gasteiger partial charge in [-0.15, -0.1) is 0 Å². The summed E-state index contributed by atoms with van der Waals surface area (Å²) in [7, 11) is -1.82. The summed E-state index contributed by atoms with van der Waals surface area (Å²) in [5.41, 5.74) is 2.76. The van der Waals surface area contributed by atoms with Crippen LogP contribution < -0.4 is 0 Å². The molecule has 0 N–H and O–H groups in total. The number of halogens is 4. The Balaban J connectivity index is 1.53. The Kier molecular flexibility index (Phi) is 12.7. The Morgan fingerprint density at radius 3 is 2.15 bits per heavy atom. The molecule has 2 unspecified atom stereocenters. The zero-order valence-corrected chi connectivity index (χ0v) is 36.1. The highest BCUT2D eigenvalue weighted by Crippen LogP contribution is 2.45. The minimum atomic E-state index is -1.91. The summed E-state index contributed by atoms with van der Waals surface area (Å²) < 4.78 is 10.4. The first-order chi connectivity index (χ1) is 24.6. The highest BCUT2D eigenvalue weighted by atomic mass is 35.6. The van der Waals surface area contributed by atoms with Gasteiger partial charge in [-0.2, -0.15) is 0 Å². The molecule has 3 aliphatic rings. The van der Waals surface area contributed by atoms with Gasteiger partial charge in [-0.1, -0.05) is 110 Å². The summed E-state index contributed by atoms with van der Waals surface area (Å²) in [5, 5.41) is 0.735. The van der Waals surface area contributed by atoms with Crippen molar-refractivity contribution in [3.63, 3.8) is 0 Å². The molecule has 53 heavy (non-hydrogen) atoms. The maximum Gasteiger partial charge on any atom is 0.411 e. The van der Waals surface area contributed by atoms with Crippen LogP contribution in [0, 0.1) is 0 Å². The smallest absolute Gasteiger partial charge is 0.411 e. The molecule has 290 valence electrons. The van der Waals surface area contributed by atoms with Crippen LogP contribution in [0.15, 0.2) is 54.1 Å². The van der Waals surface area contributed by atoms with Crippen LogP contribution in [-0.2, 0) is 31.7 Å². The summed E-state index contributed by atoms with van der Waals surface area (Å²) >= 11 is 25.3. The lowest BCUT2D eigenvalue weighted by Gasteiger charge is -2.51. The number of amides is 3. The van der Waals surface area contributed by atoms with Gasteiger partial charge >= 0.3 is 6.09 Å². The molecule has 1 aliphatic carbocycles. The van der Waals surface area contributed by atoms with Crippen LogP contribution in [0.1, 0.15) is 83.9 Å². The van der Waals surface area contributed by atoms with Crippen molar-refractivity contribution in [3.8, 4) is 0 Å². The molecule has 5 rings (SSSR count). The molecule has 0 radical (unpaired) electrons. The molecule has 2 bridgehead atoms. The largest absolute Gasteiger partial charge is 0.439 e. The highest BCUT2D eigenvalue weighted by molar-refractivity contribution is 6.74. The predicted octanol–water partition coefficient (Wildman–Crippen LogP) is 9.83. The van der Waals surface area contributed by atoms with E-state index in [2.05, 4.69) is 58.1 Å². The van der Waals surface area contributed by atoms with Gasteiger partial charge in [0.25, 0.3) is 5.91 Å². The van der Waals surface area contributed by atoms with Crippen molar-refractivity contribution < 1.29 is 23.5 Å². The van der Waals surface area contributed by atoms with Gasteiger partial charge in [-0.05, 0) is 92.4 Å². The van der Waals surface area contributed by atoms with E-state index in [1.165, 1.54) is 26.3 Å². The average molecular weight is 826 g/mol. The molecule has 1 saturated heterocycles. The number of piperazine rings is 1. The monoisotopic (exact) mass is 823 g/mol. The second-order valence-corrected chi connectivity index (χ2v) is 24.1. The lowest BCUT2D eigenvalue weighted by atomic mass is 9.81. The molecule has 3 amide bonds. The highest BCUT2D eigenvalue weighted by Gasteiger charge is 2.52. The van der Waals surface area contributed by atoms with Gasteiger partial charge < -0.3 is 19.0 Å². The van der Waals surface area contributed by atoms with Crippen LogP contribution in [0.4, 0.5) is 4.79 Å². The van der Waals surface area contributed by atoms with Crippen molar-refractivity contribution in [3.05, 3.63) is 75.8 Å². The molecule has 0 aromatic heterocycles. The minimum Gasteiger partial charge on any atom is -0.439 e. The number of carbonyl (C=O) groups excluding carboxylic acids is 3. The molecule has 13 heteroatoms. The number of ether oxygens (including phenoxy) is 1. The van der Waals surface area contributed by atoms with Crippen LogP contribution >= 0.6 is 46.4 Å². The number of aryl methyl sites for hydroxylation is 1. The van der Waals surface area contributed by atoms with Crippen molar-refractivity contribution in [1.82, 2.24) is 14.7 Å². The summed E-state index contributed by atoms with van der Waals surface area (Å²) in [4.78, 5) is 47.3. The van der Waals surface area contributed by atoms with Gasteiger partial charge in [0.15, 0.2) is 13.9 Å². The molecular weight excluding hydrogens is 772 g/mol. The van der Waals surface area contributed by atoms with Crippen LogP contribution in [0.5, 0.6) is 0 Å². The number of alkyl halides is 3.